The predicted octanol–water partition coefficient (Wildman–Crippen LogP) is 6.39. The van der Waals surface area contributed by atoms with Crippen LogP contribution >= 0.6 is 0 Å². The van der Waals surface area contributed by atoms with Crippen LogP contribution in [0.1, 0.15) is 31.9 Å². The van der Waals surface area contributed by atoms with Gasteiger partial charge in [-0.3, -0.25) is 0 Å². The van der Waals surface area contributed by atoms with Gasteiger partial charge in [-0.2, -0.15) is 0 Å². The summed E-state index contributed by atoms with van der Waals surface area (Å²) in [5.41, 5.74) is 6.58. The zero-order chi connectivity index (χ0) is 16.9. The highest BCUT2D eigenvalue weighted by atomic mass is 15.0. The van der Waals surface area contributed by atoms with Gasteiger partial charge >= 0.3 is 0 Å². The first-order valence-corrected chi connectivity index (χ1v) is 8.56. The summed E-state index contributed by atoms with van der Waals surface area (Å²) < 4.78 is 2.40. The van der Waals surface area contributed by atoms with E-state index in [1.54, 1.807) is 0 Å². The standard InChI is InChI=1S/C23H23N/c1-16-10-12-19-20-13-11-17(23(2,3)4)15-22(20)24(21(19)14-16)18-8-6-5-7-9-18/h5-15H,1-4H3. The summed E-state index contributed by atoms with van der Waals surface area (Å²) in [6.45, 7) is 8.97. The zero-order valence-corrected chi connectivity index (χ0v) is 14.8. The van der Waals surface area contributed by atoms with Crippen molar-refractivity contribution in [2.45, 2.75) is 33.1 Å². The summed E-state index contributed by atoms with van der Waals surface area (Å²) in [5, 5.41) is 2.64. The van der Waals surface area contributed by atoms with Crippen molar-refractivity contribution in [3.05, 3.63) is 77.9 Å². The van der Waals surface area contributed by atoms with Crippen molar-refractivity contribution >= 4 is 21.8 Å². The van der Waals surface area contributed by atoms with Gasteiger partial charge < -0.3 is 4.57 Å². The third-order valence-corrected chi connectivity index (χ3v) is 4.80. The van der Waals surface area contributed by atoms with Crippen molar-refractivity contribution in [1.29, 1.82) is 0 Å². The van der Waals surface area contributed by atoms with E-state index in [1.807, 2.05) is 0 Å². The highest BCUT2D eigenvalue weighted by Crippen LogP contribution is 2.35. The van der Waals surface area contributed by atoms with E-state index in [9.17, 15) is 0 Å². The number of nitrogens with zero attached hydrogens (tertiary/aromatic N) is 1. The van der Waals surface area contributed by atoms with E-state index < -0.39 is 0 Å². The fraction of sp³-hybridized carbons (Fsp3) is 0.217. The van der Waals surface area contributed by atoms with Crippen LogP contribution in [0.25, 0.3) is 27.5 Å². The minimum Gasteiger partial charge on any atom is -0.309 e. The van der Waals surface area contributed by atoms with Gasteiger partial charge in [0.05, 0.1) is 11.0 Å². The van der Waals surface area contributed by atoms with Gasteiger partial charge in [0, 0.05) is 16.5 Å². The first-order valence-electron chi connectivity index (χ1n) is 8.56. The molecule has 0 aliphatic rings. The maximum absolute atomic E-state index is 2.40. The van der Waals surface area contributed by atoms with Gasteiger partial charge in [-0.15, -0.1) is 0 Å². The largest absolute Gasteiger partial charge is 0.309 e. The Bertz CT molecular complexity index is 1030. The second kappa shape index (κ2) is 5.24. The minimum absolute atomic E-state index is 0.141. The molecule has 1 aromatic heterocycles. The number of rotatable bonds is 1. The van der Waals surface area contributed by atoms with E-state index >= 15 is 0 Å². The highest BCUT2D eigenvalue weighted by molar-refractivity contribution is 6.09. The Balaban J connectivity index is 2.17. The number of aromatic nitrogens is 1. The molecule has 24 heavy (non-hydrogen) atoms. The lowest BCUT2D eigenvalue weighted by Gasteiger charge is -2.19. The molecule has 0 N–H and O–H groups in total. The highest BCUT2D eigenvalue weighted by Gasteiger charge is 2.18. The summed E-state index contributed by atoms with van der Waals surface area (Å²) in [5.74, 6) is 0. The van der Waals surface area contributed by atoms with E-state index in [1.165, 1.54) is 38.6 Å². The van der Waals surface area contributed by atoms with Crippen LogP contribution < -0.4 is 0 Å². The van der Waals surface area contributed by atoms with Gasteiger partial charge in [0.2, 0.25) is 0 Å². The average molecular weight is 313 g/mol. The van der Waals surface area contributed by atoms with Gasteiger partial charge in [0.15, 0.2) is 0 Å². The lowest BCUT2D eigenvalue weighted by molar-refractivity contribution is 0.591. The fourth-order valence-corrected chi connectivity index (χ4v) is 3.45. The van der Waals surface area contributed by atoms with Crippen LogP contribution in [-0.2, 0) is 5.41 Å². The molecule has 120 valence electrons. The second-order valence-corrected chi connectivity index (χ2v) is 7.67. The van der Waals surface area contributed by atoms with Crippen molar-refractivity contribution < 1.29 is 0 Å². The van der Waals surface area contributed by atoms with Crippen LogP contribution in [0.15, 0.2) is 66.7 Å². The summed E-state index contributed by atoms with van der Waals surface area (Å²) in [6.07, 6.45) is 0. The van der Waals surface area contributed by atoms with Crippen LogP contribution in [0, 0.1) is 6.92 Å². The van der Waals surface area contributed by atoms with E-state index in [0.717, 1.165) is 0 Å². The Morgan fingerprint density at radius 1 is 0.708 bits per heavy atom. The number of benzene rings is 3. The summed E-state index contributed by atoms with van der Waals surface area (Å²) in [7, 11) is 0. The van der Waals surface area contributed by atoms with Gasteiger partial charge in [-0.25, -0.2) is 0 Å². The fourth-order valence-electron chi connectivity index (χ4n) is 3.45. The van der Waals surface area contributed by atoms with Gasteiger partial charge in [0.25, 0.3) is 0 Å². The molecule has 0 saturated carbocycles. The van der Waals surface area contributed by atoms with Gasteiger partial charge in [0.1, 0.15) is 0 Å². The molecule has 0 saturated heterocycles. The Hall–Kier alpha value is -2.54. The van der Waals surface area contributed by atoms with Crippen molar-refractivity contribution in [2.75, 3.05) is 0 Å². The quantitative estimate of drug-likeness (QED) is 0.384. The summed E-state index contributed by atoms with van der Waals surface area (Å²) >= 11 is 0. The average Bonchev–Trinajstić information content (AvgIpc) is 2.87. The van der Waals surface area contributed by atoms with E-state index in [4.69, 9.17) is 0 Å². The predicted molar refractivity (Wildman–Crippen MR) is 104 cm³/mol. The van der Waals surface area contributed by atoms with Gasteiger partial charge in [-0.1, -0.05) is 63.2 Å². The summed E-state index contributed by atoms with van der Waals surface area (Å²) in [6, 6.07) is 24.3. The molecule has 0 bridgehead atoms. The molecule has 0 radical (unpaired) electrons. The van der Waals surface area contributed by atoms with Crippen molar-refractivity contribution in [3.63, 3.8) is 0 Å². The van der Waals surface area contributed by atoms with Crippen LogP contribution in [0.4, 0.5) is 0 Å². The molecule has 0 amide bonds. The Kier molecular flexibility index (Phi) is 3.28. The molecule has 1 heterocycles. The van der Waals surface area contributed by atoms with E-state index in [0.29, 0.717) is 0 Å². The smallest absolute Gasteiger partial charge is 0.0544 e. The van der Waals surface area contributed by atoms with Crippen LogP contribution in [0.2, 0.25) is 0 Å². The molecule has 1 heteroatoms. The SMILES string of the molecule is Cc1ccc2c3ccc(C(C)(C)C)cc3n(-c3ccccc3)c2c1. The lowest BCUT2D eigenvalue weighted by atomic mass is 9.86. The minimum atomic E-state index is 0.141. The van der Waals surface area contributed by atoms with Crippen molar-refractivity contribution in [3.8, 4) is 5.69 Å². The molecule has 0 spiro atoms. The van der Waals surface area contributed by atoms with Gasteiger partial charge in [-0.05, 0) is 47.7 Å². The van der Waals surface area contributed by atoms with Crippen molar-refractivity contribution in [2.24, 2.45) is 0 Å². The monoisotopic (exact) mass is 313 g/mol. The van der Waals surface area contributed by atoms with E-state index in [-0.39, 0.29) is 5.41 Å². The van der Waals surface area contributed by atoms with Crippen molar-refractivity contribution in [1.82, 2.24) is 4.57 Å². The molecule has 1 nitrogen and oxygen atoms in total. The number of hydrogen-bond donors (Lipinski definition) is 0. The second-order valence-electron chi connectivity index (χ2n) is 7.67. The molecular weight excluding hydrogens is 290 g/mol. The zero-order valence-electron chi connectivity index (χ0n) is 14.8. The number of para-hydroxylation sites is 1. The Morgan fingerprint density at radius 3 is 2.00 bits per heavy atom. The molecule has 0 atom stereocenters. The summed E-state index contributed by atoms with van der Waals surface area (Å²) in [4.78, 5) is 0. The third-order valence-electron chi connectivity index (χ3n) is 4.80. The number of aryl methyl sites for hydroxylation is 1. The van der Waals surface area contributed by atoms with Crippen LogP contribution in [0.5, 0.6) is 0 Å². The normalized spacial score (nSPS) is 12.2. The topological polar surface area (TPSA) is 4.93 Å². The Morgan fingerprint density at radius 2 is 1.33 bits per heavy atom. The van der Waals surface area contributed by atoms with Crippen LogP contribution in [0.3, 0.4) is 0 Å². The van der Waals surface area contributed by atoms with Crippen LogP contribution in [-0.4, -0.2) is 4.57 Å². The number of fused-ring (bicyclic) bond motifs is 3. The maximum Gasteiger partial charge on any atom is 0.0544 e. The maximum atomic E-state index is 2.40. The van der Waals surface area contributed by atoms with E-state index in [2.05, 4.69) is 99.0 Å². The third kappa shape index (κ3) is 2.32. The molecule has 4 rings (SSSR count). The molecular formula is C23H23N. The molecule has 0 fully saturated rings. The first kappa shape index (κ1) is 15.0. The molecule has 0 aliphatic carbocycles. The molecule has 0 aliphatic heterocycles. The molecule has 4 aromatic rings. The molecule has 0 unspecified atom stereocenters. The first-order chi connectivity index (χ1) is 11.4. The number of hydrogen-bond acceptors (Lipinski definition) is 0. The Labute approximate surface area is 143 Å². The lowest BCUT2D eigenvalue weighted by Crippen LogP contribution is -2.10. The molecule has 3 aromatic carbocycles.